The maximum absolute atomic E-state index is 12.4. The number of benzene rings is 2. The molecule has 2 aromatic rings. The maximum Gasteiger partial charge on any atom is 0.264 e. The van der Waals surface area contributed by atoms with Crippen molar-refractivity contribution in [3.05, 3.63) is 55.4 Å². The molecule has 0 aromatic heterocycles. The molecule has 112 valence electrons. The number of rotatable bonds is 3. The van der Waals surface area contributed by atoms with Gasteiger partial charge in [0.1, 0.15) is 4.90 Å². The molecule has 0 saturated carbocycles. The van der Waals surface area contributed by atoms with Crippen LogP contribution in [-0.4, -0.2) is 8.42 Å². The molecule has 0 spiro atoms. The van der Waals surface area contributed by atoms with Gasteiger partial charge in [-0.25, -0.2) is 8.42 Å². The monoisotopic (exact) mass is 427 g/mol. The van der Waals surface area contributed by atoms with Crippen LogP contribution in [0.4, 0.5) is 5.69 Å². The van der Waals surface area contributed by atoms with E-state index in [0.717, 1.165) is 5.56 Å². The van der Waals surface area contributed by atoms with Gasteiger partial charge in [0.25, 0.3) is 10.0 Å². The summed E-state index contributed by atoms with van der Waals surface area (Å²) in [5, 5.41) is 0.332. The van der Waals surface area contributed by atoms with Crippen molar-refractivity contribution in [1.82, 2.24) is 0 Å². The molecule has 0 atom stereocenters. The molecule has 0 unspecified atom stereocenters. The van der Waals surface area contributed by atoms with Crippen molar-refractivity contribution < 1.29 is 8.42 Å². The Labute approximate surface area is 146 Å². The molecule has 0 aliphatic rings. The normalized spacial score (nSPS) is 11.5. The summed E-state index contributed by atoms with van der Waals surface area (Å²) in [4.78, 5) is -0.189. The molecule has 0 amide bonds. The minimum absolute atomic E-state index is 0.0186. The molecule has 3 nitrogen and oxygen atoms in total. The lowest BCUT2D eigenvalue weighted by Gasteiger charge is -2.13. The van der Waals surface area contributed by atoms with Crippen LogP contribution in [0, 0.1) is 6.92 Å². The molecule has 0 bridgehead atoms. The smallest absolute Gasteiger partial charge is 0.264 e. The van der Waals surface area contributed by atoms with E-state index in [4.69, 9.17) is 34.8 Å². The first-order valence-electron chi connectivity index (χ1n) is 5.64. The lowest BCUT2D eigenvalue weighted by molar-refractivity contribution is 0.601. The van der Waals surface area contributed by atoms with Crippen molar-refractivity contribution in [1.29, 1.82) is 0 Å². The summed E-state index contributed by atoms with van der Waals surface area (Å²) in [6.45, 7) is 1.85. The van der Waals surface area contributed by atoms with Crippen LogP contribution >= 0.6 is 50.7 Å². The number of nitrogens with one attached hydrogen (secondary N) is 1. The van der Waals surface area contributed by atoms with Gasteiger partial charge in [-0.15, -0.1) is 0 Å². The average Bonchev–Trinajstić information content (AvgIpc) is 2.30. The number of halogens is 4. The Morgan fingerprint density at radius 3 is 2.10 bits per heavy atom. The van der Waals surface area contributed by atoms with Crippen LogP contribution in [0.5, 0.6) is 0 Å². The summed E-state index contributed by atoms with van der Waals surface area (Å²) in [5.41, 5.74) is 1.18. The summed E-state index contributed by atoms with van der Waals surface area (Å²) in [6.07, 6.45) is 0. The Hall–Kier alpha value is -0.460. The van der Waals surface area contributed by atoms with Gasteiger partial charge in [0.05, 0.1) is 20.8 Å². The van der Waals surface area contributed by atoms with Crippen molar-refractivity contribution in [3.8, 4) is 0 Å². The molecule has 1 N–H and O–H groups in total. The molecule has 0 saturated heterocycles. The fourth-order valence-corrected chi connectivity index (χ4v) is 5.04. The largest absolute Gasteiger partial charge is 0.278 e. The van der Waals surface area contributed by atoms with Gasteiger partial charge in [0.2, 0.25) is 0 Å². The number of hydrogen-bond acceptors (Lipinski definition) is 2. The van der Waals surface area contributed by atoms with Crippen LogP contribution in [0.3, 0.4) is 0 Å². The van der Waals surface area contributed by atoms with Crippen molar-refractivity contribution >= 4 is 66.4 Å². The molecular weight excluding hydrogens is 420 g/mol. The maximum atomic E-state index is 12.4. The van der Waals surface area contributed by atoms with E-state index in [0.29, 0.717) is 9.50 Å². The highest BCUT2D eigenvalue weighted by Gasteiger charge is 2.23. The highest BCUT2D eigenvalue weighted by Crippen LogP contribution is 2.35. The Bertz CT molecular complexity index is 786. The minimum Gasteiger partial charge on any atom is -0.278 e. The fourth-order valence-electron chi connectivity index (χ4n) is 1.68. The highest BCUT2D eigenvalue weighted by atomic mass is 79.9. The Morgan fingerprint density at radius 2 is 1.57 bits per heavy atom. The summed E-state index contributed by atoms with van der Waals surface area (Å²) in [5.74, 6) is 0. The number of anilines is 1. The second-order valence-electron chi connectivity index (χ2n) is 4.29. The molecule has 0 aliphatic carbocycles. The topological polar surface area (TPSA) is 46.2 Å². The van der Waals surface area contributed by atoms with E-state index in [9.17, 15) is 8.42 Å². The van der Waals surface area contributed by atoms with Gasteiger partial charge in [-0.3, -0.25) is 4.72 Å². The highest BCUT2D eigenvalue weighted by molar-refractivity contribution is 9.10. The number of sulfonamides is 1. The third-order valence-electron chi connectivity index (χ3n) is 2.60. The van der Waals surface area contributed by atoms with Crippen LogP contribution in [0.1, 0.15) is 5.56 Å². The van der Waals surface area contributed by atoms with Crippen molar-refractivity contribution in [2.45, 2.75) is 11.8 Å². The van der Waals surface area contributed by atoms with Crippen LogP contribution in [0.15, 0.2) is 39.7 Å². The summed E-state index contributed by atoms with van der Waals surface area (Å²) in [7, 11) is -3.95. The first kappa shape index (κ1) is 16.9. The van der Waals surface area contributed by atoms with E-state index in [1.54, 1.807) is 18.2 Å². The Kier molecular flexibility index (Phi) is 5.11. The first-order chi connectivity index (χ1) is 9.70. The van der Waals surface area contributed by atoms with Gasteiger partial charge < -0.3 is 0 Å². The van der Waals surface area contributed by atoms with Crippen molar-refractivity contribution in [2.75, 3.05) is 4.72 Å². The van der Waals surface area contributed by atoms with Gasteiger partial charge in [-0.1, -0.05) is 56.8 Å². The van der Waals surface area contributed by atoms with E-state index in [-0.39, 0.29) is 20.6 Å². The molecule has 0 aliphatic heterocycles. The third-order valence-corrected chi connectivity index (χ3v) is 5.66. The van der Waals surface area contributed by atoms with E-state index >= 15 is 0 Å². The van der Waals surface area contributed by atoms with Gasteiger partial charge in [-0.2, -0.15) is 0 Å². The quantitative estimate of drug-likeness (QED) is 0.698. The lowest BCUT2D eigenvalue weighted by atomic mass is 10.2. The van der Waals surface area contributed by atoms with Crippen LogP contribution in [-0.2, 0) is 10.0 Å². The zero-order chi connectivity index (χ0) is 15.8. The second kappa shape index (κ2) is 6.34. The Morgan fingerprint density at radius 1 is 1.00 bits per heavy atom. The summed E-state index contributed by atoms with van der Waals surface area (Å²) >= 11 is 21.2. The van der Waals surface area contributed by atoms with Gasteiger partial charge in [0.15, 0.2) is 0 Å². The molecule has 8 heteroatoms. The van der Waals surface area contributed by atoms with E-state index in [2.05, 4.69) is 20.7 Å². The summed E-state index contributed by atoms with van der Waals surface area (Å²) < 4.78 is 27.9. The molecule has 0 radical (unpaired) electrons. The standard InChI is InChI=1S/C13H9BrCl3NO2S/c1-7-2-3-12(9(15)4-7)18-21(19,20)13-10(16)5-8(14)6-11(13)17/h2-6,18H,1H3. The van der Waals surface area contributed by atoms with E-state index in [1.165, 1.54) is 12.1 Å². The molecular formula is C13H9BrCl3NO2S. The van der Waals surface area contributed by atoms with Crippen LogP contribution in [0.25, 0.3) is 0 Å². The van der Waals surface area contributed by atoms with Gasteiger partial charge >= 0.3 is 0 Å². The third kappa shape index (κ3) is 3.85. The fraction of sp³-hybridized carbons (Fsp3) is 0.0769. The van der Waals surface area contributed by atoms with Crippen molar-refractivity contribution in [3.63, 3.8) is 0 Å². The minimum atomic E-state index is -3.95. The molecule has 0 heterocycles. The predicted molar refractivity (Wildman–Crippen MR) is 91.2 cm³/mol. The zero-order valence-corrected chi connectivity index (χ0v) is 15.3. The number of aryl methyl sites for hydroxylation is 1. The lowest BCUT2D eigenvalue weighted by Crippen LogP contribution is -2.14. The molecule has 2 rings (SSSR count). The van der Waals surface area contributed by atoms with Crippen LogP contribution in [0.2, 0.25) is 15.1 Å². The molecule has 0 fully saturated rings. The average molecular weight is 430 g/mol. The summed E-state index contributed by atoms with van der Waals surface area (Å²) in [6, 6.07) is 7.89. The Balaban J connectivity index is 2.48. The van der Waals surface area contributed by atoms with Gasteiger partial charge in [-0.05, 0) is 36.8 Å². The first-order valence-corrected chi connectivity index (χ1v) is 9.05. The molecule has 2 aromatic carbocycles. The van der Waals surface area contributed by atoms with Crippen LogP contribution < -0.4 is 4.72 Å². The molecule has 21 heavy (non-hydrogen) atoms. The van der Waals surface area contributed by atoms with Crippen molar-refractivity contribution in [2.24, 2.45) is 0 Å². The zero-order valence-electron chi connectivity index (χ0n) is 10.6. The van der Waals surface area contributed by atoms with Gasteiger partial charge in [0, 0.05) is 4.47 Å². The second-order valence-corrected chi connectivity index (χ2v) is 8.04. The van der Waals surface area contributed by atoms with E-state index < -0.39 is 10.0 Å². The van der Waals surface area contributed by atoms with E-state index in [1.807, 2.05) is 6.92 Å². The SMILES string of the molecule is Cc1ccc(NS(=O)(=O)c2c(Cl)cc(Br)cc2Cl)c(Cl)c1. The number of hydrogen-bond donors (Lipinski definition) is 1. The predicted octanol–water partition coefficient (Wildman–Crippen LogP) is 5.52.